The highest BCUT2D eigenvalue weighted by atomic mass is 79.9. The Bertz CT molecular complexity index is 518. The van der Waals surface area contributed by atoms with E-state index >= 15 is 0 Å². The molecule has 1 aromatic rings. The van der Waals surface area contributed by atoms with E-state index in [9.17, 15) is 9.59 Å². The van der Waals surface area contributed by atoms with E-state index < -0.39 is 5.97 Å². The number of amides is 1. The summed E-state index contributed by atoms with van der Waals surface area (Å²) in [7, 11) is 0. The summed E-state index contributed by atoms with van der Waals surface area (Å²) >= 11 is 3.41. The summed E-state index contributed by atoms with van der Waals surface area (Å²) in [4.78, 5) is 23.1. The minimum Gasteiger partial charge on any atom is -0.481 e. The number of benzene rings is 1. The molecular formula is C15H18BrNO3. The normalized spacial score (nSPS) is 23.3. The van der Waals surface area contributed by atoms with Crippen LogP contribution in [-0.4, -0.2) is 17.0 Å². The molecule has 3 unspecified atom stereocenters. The number of carboxylic acid groups (broad SMARTS) is 1. The van der Waals surface area contributed by atoms with Crippen LogP contribution in [-0.2, 0) is 9.59 Å². The van der Waals surface area contributed by atoms with Gasteiger partial charge in [0.2, 0.25) is 5.91 Å². The van der Waals surface area contributed by atoms with E-state index in [1.165, 1.54) is 0 Å². The molecule has 1 aromatic carbocycles. The summed E-state index contributed by atoms with van der Waals surface area (Å²) < 4.78 is 0.975. The molecule has 0 aliphatic heterocycles. The fourth-order valence-electron chi connectivity index (χ4n) is 2.63. The third-order valence-corrected chi connectivity index (χ3v) is 4.35. The molecule has 1 amide bonds. The Labute approximate surface area is 126 Å². The molecule has 1 aliphatic rings. The maximum atomic E-state index is 12.2. The third kappa shape index (κ3) is 3.60. The first-order valence-corrected chi connectivity index (χ1v) is 7.55. The molecule has 1 fully saturated rings. The highest BCUT2D eigenvalue weighted by molar-refractivity contribution is 9.10. The second-order valence-corrected chi connectivity index (χ2v) is 6.25. The van der Waals surface area contributed by atoms with Gasteiger partial charge in [-0.25, -0.2) is 0 Å². The smallest absolute Gasteiger partial charge is 0.306 e. The van der Waals surface area contributed by atoms with Crippen LogP contribution < -0.4 is 5.32 Å². The van der Waals surface area contributed by atoms with Gasteiger partial charge in [-0.05, 0) is 43.9 Å². The van der Waals surface area contributed by atoms with Gasteiger partial charge in [0.25, 0.3) is 0 Å². The van der Waals surface area contributed by atoms with Crippen LogP contribution in [0.1, 0.15) is 37.8 Å². The van der Waals surface area contributed by atoms with E-state index in [1.54, 1.807) is 0 Å². The first-order chi connectivity index (χ1) is 9.47. The maximum Gasteiger partial charge on any atom is 0.306 e. The van der Waals surface area contributed by atoms with Crippen molar-refractivity contribution >= 4 is 27.8 Å². The van der Waals surface area contributed by atoms with Crippen molar-refractivity contribution in [1.29, 1.82) is 0 Å². The molecule has 0 bridgehead atoms. The minimum atomic E-state index is -0.791. The molecule has 2 rings (SSSR count). The lowest BCUT2D eigenvalue weighted by atomic mass is 10.0. The molecule has 0 aromatic heterocycles. The van der Waals surface area contributed by atoms with Crippen molar-refractivity contribution in [1.82, 2.24) is 5.32 Å². The highest BCUT2D eigenvalue weighted by Gasteiger charge is 2.34. The minimum absolute atomic E-state index is 0.0405. The topological polar surface area (TPSA) is 66.4 Å². The Hall–Kier alpha value is -1.36. The molecule has 2 N–H and O–H groups in total. The monoisotopic (exact) mass is 339 g/mol. The first kappa shape index (κ1) is 15.0. The van der Waals surface area contributed by atoms with E-state index in [0.717, 1.165) is 10.0 Å². The van der Waals surface area contributed by atoms with Gasteiger partial charge in [0.05, 0.1) is 12.0 Å². The molecule has 0 heterocycles. The zero-order chi connectivity index (χ0) is 14.7. The van der Waals surface area contributed by atoms with Gasteiger partial charge in [0.1, 0.15) is 0 Å². The molecule has 0 spiro atoms. The van der Waals surface area contributed by atoms with Crippen LogP contribution in [0, 0.1) is 11.8 Å². The number of hydrogen-bond acceptors (Lipinski definition) is 2. The van der Waals surface area contributed by atoms with Gasteiger partial charge in [0, 0.05) is 10.4 Å². The van der Waals surface area contributed by atoms with Gasteiger partial charge in [-0.1, -0.05) is 28.1 Å². The van der Waals surface area contributed by atoms with E-state index in [4.69, 9.17) is 5.11 Å². The van der Waals surface area contributed by atoms with E-state index in [0.29, 0.717) is 19.3 Å². The molecule has 1 aliphatic carbocycles. The van der Waals surface area contributed by atoms with Crippen LogP contribution in [0.4, 0.5) is 0 Å². The van der Waals surface area contributed by atoms with Crippen molar-refractivity contribution in [2.24, 2.45) is 11.8 Å². The molecule has 108 valence electrons. The lowest BCUT2D eigenvalue weighted by molar-refractivity contribution is -0.141. The van der Waals surface area contributed by atoms with Crippen molar-refractivity contribution in [2.75, 3.05) is 0 Å². The average molecular weight is 340 g/mol. The SMILES string of the molecule is CC(NC(=O)C1CCC(C(=O)O)C1)c1cccc(Br)c1. The van der Waals surface area contributed by atoms with Crippen molar-refractivity contribution in [3.8, 4) is 0 Å². The molecule has 20 heavy (non-hydrogen) atoms. The largest absolute Gasteiger partial charge is 0.481 e. The Morgan fingerprint density at radius 3 is 2.65 bits per heavy atom. The van der Waals surface area contributed by atoms with Crippen molar-refractivity contribution in [3.63, 3.8) is 0 Å². The lowest BCUT2D eigenvalue weighted by Gasteiger charge is -2.17. The van der Waals surface area contributed by atoms with Crippen molar-refractivity contribution < 1.29 is 14.7 Å². The van der Waals surface area contributed by atoms with Gasteiger partial charge in [0.15, 0.2) is 0 Å². The highest BCUT2D eigenvalue weighted by Crippen LogP contribution is 2.31. The predicted octanol–water partition coefficient (Wildman–Crippen LogP) is 3.13. The summed E-state index contributed by atoms with van der Waals surface area (Å²) in [6, 6.07) is 7.72. The number of aliphatic carboxylic acids is 1. The van der Waals surface area contributed by atoms with Crippen LogP contribution in [0.2, 0.25) is 0 Å². The zero-order valence-electron chi connectivity index (χ0n) is 11.3. The second-order valence-electron chi connectivity index (χ2n) is 5.33. The molecule has 0 radical (unpaired) electrons. The number of carboxylic acids is 1. The first-order valence-electron chi connectivity index (χ1n) is 6.76. The molecule has 3 atom stereocenters. The fraction of sp³-hybridized carbons (Fsp3) is 0.467. The van der Waals surface area contributed by atoms with Gasteiger partial charge in [-0.15, -0.1) is 0 Å². The van der Waals surface area contributed by atoms with E-state index in [-0.39, 0.29) is 23.8 Å². The number of carbonyl (C=O) groups is 2. The molecule has 1 saturated carbocycles. The second kappa shape index (κ2) is 6.39. The third-order valence-electron chi connectivity index (χ3n) is 3.86. The Kier molecular flexibility index (Phi) is 4.81. The summed E-state index contributed by atoms with van der Waals surface area (Å²) in [6.07, 6.45) is 1.71. The zero-order valence-corrected chi connectivity index (χ0v) is 12.9. The van der Waals surface area contributed by atoms with Crippen LogP contribution >= 0.6 is 15.9 Å². The molecule has 4 nitrogen and oxygen atoms in total. The molecular weight excluding hydrogens is 322 g/mol. The number of hydrogen-bond donors (Lipinski definition) is 2. The number of nitrogens with one attached hydrogen (secondary N) is 1. The Morgan fingerprint density at radius 1 is 1.35 bits per heavy atom. The quantitative estimate of drug-likeness (QED) is 0.885. The van der Waals surface area contributed by atoms with Gasteiger partial charge in [-0.3, -0.25) is 9.59 Å². The van der Waals surface area contributed by atoms with Crippen LogP contribution in [0.15, 0.2) is 28.7 Å². The fourth-order valence-corrected chi connectivity index (χ4v) is 3.05. The summed E-state index contributed by atoms with van der Waals surface area (Å²) in [6.45, 7) is 1.93. The van der Waals surface area contributed by atoms with Crippen LogP contribution in [0.25, 0.3) is 0 Å². The number of rotatable bonds is 4. The maximum absolute atomic E-state index is 12.2. The molecule has 0 saturated heterocycles. The van der Waals surface area contributed by atoms with Crippen LogP contribution in [0.5, 0.6) is 0 Å². The molecule has 5 heteroatoms. The standard InChI is InChI=1S/C15H18BrNO3/c1-9(10-3-2-4-13(16)8-10)17-14(18)11-5-6-12(7-11)15(19)20/h2-4,8-9,11-12H,5-7H2,1H3,(H,17,18)(H,19,20). The van der Waals surface area contributed by atoms with Gasteiger partial charge < -0.3 is 10.4 Å². The summed E-state index contributed by atoms with van der Waals surface area (Å²) in [5, 5.41) is 11.9. The number of halogens is 1. The predicted molar refractivity (Wildman–Crippen MR) is 79.2 cm³/mol. The van der Waals surface area contributed by atoms with Gasteiger partial charge >= 0.3 is 5.97 Å². The Balaban J connectivity index is 1.93. The van der Waals surface area contributed by atoms with E-state index in [1.807, 2.05) is 31.2 Å². The number of carbonyl (C=O) groups excluding carboxylic acids is 1. The lowest BCUT2D eigenvalue weighted by Crippen LogP contribution is -2.32. The van der Waals surface area contributed by atoms with Gasteiger partial charge in [-0.2, -0.15) is 0 Å². The van der Waals surface area contributed by atoms with E-state index in [2.05, 4.69) is 21.2 Å². The Morgan fingerprint density at radius 2 is 2.05 bits per heavy atom. The van der Waals surface area contributed by atoms with Crippen LogP contribution in [0.3, 0.4) is 0 Å². The van der Waals surface area contributed by atoms with Crippen molar-refractivity contribution in [3.05, 3.63) is 34.3 Å². The summed E-state index contributed by atoms with van der Waals surface area (Å²) in [5.74, 6) is -1.38. The van der Waals surface area contributed by atoms with Crippen molar-refractivity contribution in [2.45, 2.75) is 32.2 Å². The average Bonchev–Trinajstić information content (AvgIpc) is 2.88. The summed E-state index contributed by atoms with van der Waals surface area (Å²) in [5.41, 5.74) is 1.03.